The van der Waals surface area contributed by atoms with Crippen molar-refractivity contribution >= 4 is 45.8 Å². The molecular formula is C20H14ClFN4O2. The quantitative estimate of drug-likeness (QED) is 0.425. The molecule has 0 fully saturated rings. The van der Waals surface area contributed by atoms with Gasteiger partial charge in [0, 0.05) is 16.4 Å². The Hall–Kier alpha value is -3.58. The molecule has 0 saturated carbocycles. The average molecular weight is 397 g/mol. The Kier molecular flexibility index (Phi) is 4.58. The molecular weight excluding hydrogens is 383 g/mol. The second kappa shape index (κ2) is 7.21. The standard InChI is InChI=1S/C20H14ClFN4O2/c21-12-2-1-3-14(10-12)25-20(27)24-13-6-4-11(5-7-13)15-8-9-16(22)18-17(15)19(23)28-26-18/h1-10H,23H2,(H2,24,25,27). The number of aromatic nitrogens is 1. The van der Waals surface area contributed by atoms with Crippen LogP contribution < -0.4 is 16.4 Å². The molecule has 140 valence electrons. The minimum absolute atomic E-state index is 0.0487. The average Bonchev–Trinajstić information content (AvgIpc) is 3.06. The molecule has 6 nitrogen and oxygen atoms in total. The van der Waals surface area contributed by atoms with Crippen LogP contribution in [0.4, 0.5) is 26.4 Å². The second-order valence-electron chi connectivity index (χ2n) is 6.03. The number of fused-ring (bicyclic) bond motifs is 1. The Morgan fingerprint density at radius 1 is 1.04 bits per heavy atom. The summed E-state index contributed by atoms with van der Waals surface area (Å²) in [5, 5.41) is 10.0. The van der Waals surface area contributed by atoms with E-state index in [-0.39, 0.29) is 11.4 Å². The number of hydrogen-bond donors (Lipinski definition) is 3. The van der Waals surface area contributed by atoms with Crippen molar-refractivity contribution in [2.75, 3.05) is 16.4 Å². The number of amides is 2. The largest absolute Gasteiger partial charge is 0.367 e. The normalized spacial score (nSPS) is 10.8. The lowest BCUT2D eigenvalue weighted by molar-refractivity contribution is 0.262. The van der Waals surface area contributed by atoms with Gasteiger partial charge < -0.3 is 20.9 Å². The van der Waals surface area contributed by atoms with Crippen molar-refractivity contribution in [2.45, 2.75) is 0 Å². The van der Waals surface area contributed by atoms with Gasteiger partial charge in [-0.05, 0) is 47.5 Å². The number of carbonyl (C=O) groups is 1. The van der Waals surface area contributed by atoms with E-state index in [2.05, 4.69) is 15.8 Å². The Bertz CT molecular complexity index is 1170. The molecule has 3 aromatic carbocycles. The molecule has 8 heteroatoms. The van der Waals surface area contributed by atoms with Crippen molar-refractivity contribution in [3.05, 3.63) is 71.5 Å². The summed E-state index contributed by atoms with van der Waals surface area (Å²) in [6.07, 6.45) is 0. The van der Waals surface area contributed by atoms with Crippen LogP contribution in [-0.4, -0.2) is 11.2 Å². The van der Waals surface area contributed by atoms with Gasteiger partial charge in [0.15, 0.2) is 11.3 Å². The lowest BCUT2D eigenvalue weighted by Gasteiger charge is -2.09. The van der Waals surface area contributed by atoms with Crippen LogP contribution in [-0.2, 0) is 0 Å². The van der Waals surface area contributed by atoms with Crippen LogP contribution in [0.15, 0.2) is 65.2 Å². The highest BCUT2D eigenvalue weighted by Crippen LogP contribution is 2.34. The van der Waals surface area contributed by atoms with Crippen LogP contribution in [0.3, 0.4) is 0 Å². The third-order valence-electron chi connectivity index (χ3n) is 4.15. The fourth-order valence-electron chi connectivity index (χ4n) is 2.88. The summed E-state index contributed by atoms with van der Waals surface area (Å²) in [5.41, 5.74) is 8.50. The zero-order valence-corrected chi connectivity index (χ0v) is 15.1. The summed E-state index contributed by atoms with van der Waals surface area (Å²) in [4.78, 5) is 12.1. The Balaban J connectivity index is 1.54. The van der Waals surface area contributed by atoms with Gasteiger partial charge >= 0.3 is 6.03 Å². The fraction of sp³-hybridized carbons (Fsp3) is 0. The highest BCUT2D eigenvalue weighted by atomic mass is 35.5. The molecule has 0 unspecified atom stereocenters. The number of anilines is 3. The first kappa shape index (κ1) is 17.8. The number of benzene rings is 3. The zero-order chi connectivity index (χ0) is 19.7. The van der Waals surface area contributed by atoms with Gasteiger partial charge in [-0.15, -0.1) is 0 Å². The molecule has 0 aliphatic rings. The minimum Gasteiger partial charge on any atom is -0.367 e. The summed E-state index contributed by atoms with van der Waals surface area (Å²) in [6.45, 7) is 0. The van der Waals surface area contributed by atoms with E-state index in [0.717, 1.165) is 5.56 Å². The van der Waals surface area contributed by atoms with Crippen LogP contribution in [0.1, 0.15) is 0 Å². The Labute approximate surface area is 164 Å². The fourth-order valence-corrected chi connectivity index (χ4v) is 3.07. The highest BCUT2D eigenvalue weighted by Gasteiger charge is 2.15. The number of urea groups is 1. The van der Waals surface area contributed by atoms with Gasteiger partial charge in [0.05, 0.1) is 5.39 Å². The Morgan fingerprint density at radius 3 is 2.54 bits per heavy atom. The molecule has 4 aromatic rings. The van der Waals surface area contributed by atoms with E-state index in [9.17, 15) is 9.18 Å². The van der Waals surface area contributed by atoms with Crippen LogP contribution >= 0.6 is 11.6 Å². The number of hydrogen-bond acceptors (Lipinski definition) is 4. The number of rotatable bonds is 3. The van der Waals surface area contributed by atoms with E-state index in [1.54, 1.807) is 54.6 Å². The number of nitrogens with two attached hydrogens (primary N) is 1. The monoisotopic (exact) mass is 396 g/mol. The molecule has 1 heterocycles. The van der Waals surface area contributed by atoms with Gasteiger partial charge in [-0.25, -0.2) is 9.18 Å². The van der Waals surface area contributed by atoms with Crippen molar-refractivity contribution in [3.8, 4) is 11.1 Å². The van der Waals surface area contributed by atoms with E-state index in [1.165, 1.54) is 6.07 Å². The lowest BCUT2D eigenvalue weighted by Crippen LogP contribution is -2.19. The van der Waals surface area contributed by atoms with Crippen LogP contribution in [0, 0.1) is 5.82 Å². The van der Waals surface area contributed by atoms with E-state index in [4.69, 9.17) is 21.9 Å². The highest BCUT2D eigenvalue weighted by molar-refractivity contribution is 6.30. The topological polar surface area (TPSA) is 93.2 Å². The number of nitrogens with one attached hydrogen (secondary N) is 2. The maximum absolute atomic E-state index is 13.9. The number of nitrogen functional groups attached to an aromatic ring is 1. The summed E-state index contributed by atoms with van der Waals surface area (Å²) < 4.78 is 18.8. The van der Waals surface area contributed by atoms with Gasteiger partial charge in [0.1, 0.15) is 0 Å². The molecule has 0 aliphatic carbocycles. The first-order valence-corrected chi connectivity index (χ1v) is 8.66. The van der Waals surface area contributed by atoms with Gasteiger partial charge in [0.25, 0.3) is 0 Å². The molecule has 4 rings (SSSR count). The third-order valence-corrected chi connectivity index (χ3v) is 4.38. The van der Waals surface area contributed by atoms with Gasteiger partial charge in [-0.3, -0.25) is 0 Å². The number of carbonyl (C=O) groups excluding carboxylic acids is 1. The molecule has 0 saturated heterocycles. The summed E-state index contributed by atoms with van der Waals surface area (Å²) in [6, 6.07) is 16.4. The number of nitrogens with zero attached hydrogens (tertiary/aromatic N) is 1. The van der Waals surface area contributed by atoms with E-state index >= 15 is 0 Å². The van der Waals surface area contributed by atoms with E-state index in [0.29, 0.717) is 27.3 Å². The third kappa shape index (κ3) is 3.47. The SMILES string of the molecule is Nc1onc2c(F)ccc(-c3ccc(NC(=O)Nc4cccc(Cl)c4)cc3)c12. The molecule has 4 N–H and O–H groups in total. The van der Waals surface area contributed by atoms with Crippen LogP contribution in [0.5, 0.6) is 0 Å². The van der Waals surface area contributed by atoms with Crippen molar-refractivity contribution in [1.82, 2.24) is 5.16 Å². The van der Waals surface area contributed by atoms with Crippen molar-refractivity contribution < 1.29 is 13.7 Å². The van der Waals surface area contributed by atoms with Crippen LogP contribution in [0.2, 0.25) is 5.02 Å². The van der Waals surface area contributed by atoms with Gasteiger partial charge in [-0.1, -0.05) is 41.0 Å². The Morgan fingerprint density at radius 2 is 1.79 bits per heavy atom. The molecule has 0 radical (unpaired) electrons. The molecule has 0 bridgehead atoms. The second-order valence-corrected chi connectivity index (χ2v) is 6.47. The molecule has 1 aromatic heterocycles. The van der Waals surface area contributed by atoms with Crippen molar-refractivity contribution in [1.29, 1.82) is 0 Å². The summed E-state index contributed by atoms with van der Waals surface area (Å²) in [5.74, 6) is -0.456. The molecule has 2 amide bonds. The lowest BCUT2D eigenvalue weighted by atomic mass is 10.0. The summed E-state index contributed by atoms with van der Waals surface area (Å²) in [7, 11) is 0. The zero-order valence-electron chi connectivity index (χ0n) is 14.4. The van der Waals surface area contributed by atoms with Gasteiger partial charge in [0.2, 0.25) is 5.88 Å². The molecule has 0 aliphatic heterocycles. The number of halogens is 2. The van der Waals surface area contributed by atoms with E-state index in [1.807, 2.05) is 0 Å². The maximum atomic E-state index is 13.9. The predicted octanol–water partition coefficient (Wildman–Crippen LogP) is 5.51. The van der Waals surface area contributed by atoms with Crippen LogP contribution in [0.25, 0.3) is 22.0 Å². The van der Waals surface area contributed by atoms with Crippen molar-refractivity contribution in [3.63, 3.8) is 0 Å². The summed E-state index contributed by atoms with van der Waals surface area (Å²) >= 11 is 5.90. The first-order valence-electron chi connectivity index (χ1n) is 8.28. The van der Waals surface area contributed by atoms with Crippen molar-refractivity contribution in [2.24, 2.45) is 0 Å². The predicted molar refractivity (Wildman–Crippen MR) is 108 cm³/mol. The smallest absolute Gasteiger partial charge is 0.323 e. The van der Waals surface area contributed by atoms with E-state index < -0.39 is 11.8 Å². The molecule has 0 atom stereocenters. The first-order chi connectivity index (χ1) is 13.5. The molecule has 28 heavy (non-hydrogen) atoms. The maximum Gasteiger partial charge on any atom is 0.323 e. The minimum atomic E-state index is -0.504. The molecule has 0 spiro atoms. The van der Waals surface area contributed by atoms with Gasteiger partial charge in [-0.2, -0.15) is 0 Å².